The summed E-state index contributed by atoms with van der Waals surface area (Å²) >= 11 is 1.41. The first kappa shape index (κ1) is 11.6. The molecule has 0 aliphatic rings. The van der Waals surface area contributed by atoms with Crippen molar-refractivity contribution in [3.63, 3.8) is 0 Å². The normalized spacial score (nSPS) is 14.5. The second-order valence-electron chi connectivity index (χ2n) is 3.72. The first-order chi connectivity index (χ1) is 8.09. The minimum atomic E-state index is -1.16. The van der Waals surface area contributed by atoms with E-state index in [1.807, 2.05) is 0 Å². The fourth-order valence-electron chi connectivity index (χ4n) is 1.39. The maximum Gasteiger partial charge on any atom is 0.331 e. The van der Waals surface area contributed by atoms with Crippen LogP contribution in [0.2, 0.25) is 0 Å². The van der Waals surface area contributed by atoms with Gasteiger partial charge in [0.05, 0.1) is 5.51 Å². The number of rotatable bonds is 4. The third kappa shape index (κ3) is 1.80. The Morgan fingerprint density at radius 3 is 2.94 bits per heavy atom. The van der Waals surface area contributed by atoms with Gasteiger partial charge in [0.15, 0.2) is 5.54 Å². The smallest absolute Gasteiger partial charge is 0.331 e. The predicted molar refractivity (Wildman–Crippen MR) is 60.5 cm³/mol. The number of hydrogen-bond acceptors (Lipinski definition) is 6. The van der Waals surface area contributed by atoms with E-state index in [1.54, 1.807) is 24.7 Å². The molecule has 0 bridgehead atoms. The lowest BCUT2D eigenvalue weighted by molar-refractivity contribution is -0.147. The molecule has 17 heavy (non-hydrogen) atoms. The van der Waals surface area contributed by atoms with Gasteiger partial charge in [0, 0.05) is 5.38 Å². The third-order valence-corrected chi connectivity index (χ3v) is 3.33. The maximum atomic E-state index is 11.3. The van der Waals surface area contributed by atoms with Crippen molar-refractivity contribution < 1.29 is 9.90 Å². The Bertz CT molecular complexity index is 523. The maximum absolute atomic E-state index is 11.3. The van der Waals surface area contributed by atoms with E-state index < -0.39 is 11.5 Å². The van der Waals surface area contributed by atoms with Gasteiger partial charge in [-0.3, -0.25) is 0 Å². The molecule has 7 nitrogen and oxygen atoms in total. The summed E-state index contributed by atoms with van der Waals surface area (Å²) in [6, 6.07) is 0. The van der Waals surface area contributed by atoms with E-state index in [1.165, 1.54) is 16.0 Å². The van der Waals surface area contributed by atoms with E-state index in [-0.39, 0.29) is 0 Å². The molecule has 2 heterocycles. The van der Waals surface area contributed by atoms with Gasteiger partial charge in [-0.1, -0.05) is 6.92 Å². The lowest BCUT2D eigenvalue weighted by Crippen LogP contribution is -2.39. The fraction of sp³-hybridized carbons (Fsp3) is 0.444. The Morgan fingerprint density at radius 2 is 2.41 bits per heavy atom. The van der Waals surface area contributed by atoms with Crippen LogP contribution in [0.1, 0.15) is 20.3 Å². The second kappa shape index (κ2) is 4.21. The van der Waals surface area contributed by atoms with Gasteiger partial charge in [-0.25, -0.2) is 14.5 Å². The van der Waals surface area contributed by atoms with Crippen molar-refractivity contribution in [3.05, 3.63) is 10.9 Å². The van der Waals surface area contributed by atoms with Gasteiger partial charge in [0.25, 0.3) is 0 Å². The van der Waals surface area contributed by atoms with Gasteiger partial charge in [-0.05, 0) is 23.8 Å². The highest BCUT2D eigenvalue weighted by Gasteiger charge is 2.37. The van der Waals surface area contributed by atoms with E-state index in [0.29, 0.717) is 17.9 Å². The number of thiazole rings is 1. The van der Waals surface area contributed by atoms with Gasteiger partial charge < -0.3 is 5.11 Å². The summed E-state index contributed by atoms with van der Waals surface area (Å²) in [5, 5.41) is 22.2. The van der Waals surface area contributed by atoms with Crippen LogP contribution in [0.15, 0.2) is 10.9 Å². The molecule has 0 fully saturated rings. The van der Waals surface area contributed by atoms with Crippen molar-refractivity contribution in [3.8, 4) is 11.5 Å². The average molecular weight is 253 g/mol. The van der Waals surface area contributed by atoms with Crippen molar-refractivity contribution >= 4 is 17.3 Å². The van der Waals surface area contributed by atoms with Crippen molar-refractivity contribution in [1.29, 1.82) is 0 Å². The lowest BCUT2D eigenvalue weighted by atomic mass is 9.99. The van der Waals surface area contributed by atoms with Crippen LogP contribution >= 0.6 is 11.3 Å². The first-order valence-electron chi connectivity index (χ1n) is 5.00. The number of tetrazole rings is 1. The highest BCUT2D eigenvalue weighted by Crippen LogP contribution is 2.25. The van der Waals surface area contributed by atoms with Crippen LogP contribution in [0.5, 0.6) is 0 Å². The topological polar surface area (TPSA) is 93.8 Å². The number of hydrogen-bond donors (Lipinski definition) is 1. The van der Waals surface area contributed by atoms with Gasteiger partial charge in [-0.2, -0.15) is 0 Å². The molecule has 1 unspecified atom stereocenters. The second-order valence-corrected chi connectivity index (χ2v) is 4.44. The molecule has 0 spiro atoms. The van der Waals surface area contributed by atoms with E-state index in [4.69, 9.17) is 0 Å². The van der Waals surface area contributed by atoms with Crippen LogP contribution < -0.4 is 0 Å². The molecule has 1 N–H and O–H groups in total. The van der Waals surface area contributed by atoms with E-state index in [9.17, 15) is 9.90 Å². The summed E-state index contributed by atoms with van der Waals surface area (Å²) in [5.41, 5.74) is 1.07. The van der Waals surface area contributed by atoms with Crippen molar-refractivity contribution in [1.82, 2.24) is 25.2 Å². The molecule has 2 aromatic rings. The standard InChI is InChI=1S/C9H11N5O2S/c1-3-9(2,8(15)16)14-7(11-12-13-14)6-4-17-5-10-6/h4-5H,3H2,1-2H3,(H,15,16). The minimum absolute atomic E-state index is 0.373. The molecule has 0 aliphatic carbocycles. The number of carbonyl (C=O) groups is 1. The Hall–Kier alpha value is -1.83. The van der Waals surface area contributed by atoms with Gasteiger partial charge in [0.1, 0.15) is 5.69 Å². The van der Waals surface area contributed by atoms with E-state index >= 15 is 0 Å². The molecule has 1 atom stereocenters. The summed E-state index contributed by atoms with van der Waals surface area (Å²) in [4.78, 5) is 15.4. The predicted octanol–water partition coefficient (Wildman–Crippen LogP) is 1.01. The monoisotopic (exact) mass is 253 g/mol. The molecule has 0 aliphatic heterocycles. The van der Waals surface area contributed by atoms with Crippen LogP contribution in [0.3, 0.4) is 0 Å². The number of carboxylic acid groups (broad SMARTS) is 1. The zero-order chi connectivity index (χ0) is 12.5. The first-order valence-corrected chi connectivity index (χ1v) is 5.94. The molecule has 90 valence electrons. The molecule has 0 aromatic carbocycles. The molecule has 0 saturated carbocycles. The molecule has 2 rings (SSSR count). The summed E-state index contributed by atoms with van der Waals surface area (Å²) < 4.78 is 1.31. The zero-order valence-corrected chi connectivity index (χ0v) is 10.2. The van der Waals surface area contributed by atoms with Gasteiger partial charge in [0.2, 0.25) is 5.82 Å². The van der Waals surface area contributed by atoms with Crippen molar-refractivity contribution in [2.75, 3.05) is 0 Å². The van der Waals surface area contributed by atoms with Gasteiger partial charge in [-0.15, -0.1) is 16.4 Å². The number of carboxylic acids is 1. The molecular weight excluding hydrogens is 242 g/mol. The quantitative estimate of drug-likeness (QED) is 0.873. The summed E-state index contributed by atoms with van der Waals surface area (Å²) in [7, 11) is 0. The molecular formula is C9H11N5O2S. The SMILES string of the molecule is CCC(C)(C(=O)O)n1nnnc1-c1cscn1. The van der Waals surface area contributed by atoms with Crippen LogP contribution in [0, 0.1) is 0 Å². The molecule has 2 aromatic heterocycles. The zero-order valence-electron chi connectivity index (χ0n) is 9.36. The number of aliphatic carboxylic acids is 1. The van der Waals surface area contributed by atoms with Crippen LogP contribution in [0.4, 0.5) is 0 Å². The number of aromatic nitrogens is 5. The van der Waals surface area contributed by atoms with Crippen LogP contribution in [-0.2, 0) is 10.3 Å². The Kier molecular flexibility index (Phi) is 2.88. The Labute approximate surface area is 101 Å². The van der Waals surface area contributed by atoms with Crippen molar-refractivity contribution in [2.24, 2.45) is 0 Å². The highest BCUT2D eigenvalue weighted by atomic mass is 32.1. The largest absolute Gasteiger partial charge is 0.479 e. The molecule has 0 amide bonds. The highest BCUT2D eigenvalue weighted by molar-refractivity contribution is 7.07. The summed E-state index contributed by atoms with van der Waals surface area (Å²) in [6.07, 6.45) is 0.379. The van der Waals surface area contributed by atoms with Crippen LogP contribution in [-0.4, -0.2) is 36.3 Å². The summed E-state index contributed by atoms with van der Waals surface area (Å²) in [6.45, 7) is 3.36. The summed E-state index contributed by atoms with van der Waals surface area (Å²) in [5.74, 6) is -0.596. The molecule has 8 heteroatoms. The van der Waals surface area contributed by atoms with E-state index in [0.717, 1.165) is 0 Å². The lowest BCUT2D eigenvalue weighted by Gasteiger charge is -2.23. The minimum Gasteiger partial charge on any atom is -0.479 e. The molecule has 0 radical (unpaired) electrons. The van der Waals surface area contributed by atoms with Gasteiger partial charge >= 0.3 is 5.97 Å². The Balaban J connectivity index is 2.54. The average Bonchev–Trinajstić information content (AvgIpc) is 2.97. The third-order valence-electron chi connectivity index (χ3n) is 2.75. The fourth-order valence-corrected chi connectivity index (χ4v) is 1.92. The number of nitrogens with zero attached hydrogens (tertiary/aromatic N) is 5. The van der Waals surface area contributed by atoms with Crippen LogP contribution in [0.25, 0.3) is 11.5 Å². The van der Waals surface area contributed by atoms with E-state index in [2.05, 4.69) is 20.5 Å². The van der Waals surface area contributed by atoms with Crippen molar-refractivity contribution in [2.45, 2.75) is 25.8 Å². The molecule has 0 saturated heterocycles. The Morgan fingerprint density at radius 1 is 1.65 bits per heavy atom.